The zero-order valence-electron chi connectivity index (χ0n) is 52.3. The minimum atomic E-state index is -4.64. The van der Waals surface area contributed by atoms with E-state index < -0.39 is 26.5 Å². The SMILES string of the molecule is CC/C=C\C/C=C\C/C=C\C/C=C\C/C=C\CCCCCCCCCCCCCCCCCCCCCCCCCC(=O)OC(COC(=O)CCCCCCC/C=C\CCCCCCCCC)COP(=O)([O-])OCC[N+](C)(C)C. The van der Waals surface area contributed by atoms with Crippen LogP contribution >= 0.6 is 7.82 Å². The molecule has 2 unspecified atom stereocenters. The first-order valence-corrected chi connectivity index (χ1v) is 34.6. The Kier molecular flexibility index (Phi) is 58.1. The van der Waals surface area contributed by atoms with E-state index in [1.54, 1.807) is 0 Å². The average Bonchev–Trinajstić information content (AvgIpc) is 3.41. The highest BCUT2D eigenvalue weighted by Crippen LogP contribution is 2.38. The molecule has 0 bridgehead atoms. The maximum absolute atomic E-state index is 12.8. The molecule has 0 fully saturated rings. The van der Waals surface area contributed by atoms with Gasteiger partial charge in [-0.25, -0.2) is 0 Å². The van der Waals surface area contributed by atoms with Gasteiger partial charge in [0, 0.05) is 12.8 Å². The van der Waals surface area contributed by atoms with Gasteiger partial charge in [-0.05, 0) is 83.5 Å². The van der Waals surface area contributed by atoms with E-state index in [9.17, 15) is 19.0 Å². The van der Waals surface area contributed by atoms with Crippen LogP contribution in [0.15, 0.2) is 72.9 Å². The highest BCUT2D eigenvalue weighted by molar-refractivity contribution is 7.45. The molecule has 0 aromatic heterocycles. The van der Waals surface area contributed by atoms with Gasteiger partial charge >= 0.3 is 11.9 Å². The second kappa shape index (κ2) is 60.1. The van der Waals surface area contributed by atoms with Crippen LogP contribution in [-0.4, -0.2) is 70.0 Å². The Hall–Kier alpha value is -2.55. The minimum absolute atomic E-state index is 0.0314. The zero-order chi connectivity index (χ0) is 57.7. The normalized spacial score (nSPS) is 13.6. The van der Waals surface area contributed by atoms with Crippen LogP contribution < -0.4 is 4.89 Å². The number of allylic oxidation sites excluding steroid dienone is 12. The van der Waals surface area contributed by atoms with Crippen LogP contribution in [0.4, 0.5) is 0 Å². The quantitative estimate of drug-likeness (QED) is 0.0195. The number of phosphoric acid groups is 1. The Morgan fingerprint density at radius 3 is 1.09 bits per heavy atom. The number of likely N-dealkylation sites (N-methyl/N-ethyl adjacent to an activating group) is 1. The van der Waals surface area contributed by atoms with Crippen molar-refractivity contribution in [3.8, 4) is 0 Å². The van der Waals surface area contributed by atoms with Gasteiger partial charge in [0.05, 0.1) is 27.7 Å². The summed E-state index contributed by atoms with van der Waals surface area (Å²) in [7, 11) is 1.17. The Balaban J connectivity index is 3.93. The number of rotatable bonds is 61. The molecule has 0 aromatic carbocycles. The number of ether oxygens (including phenoxy) is 2. The van der Waals surface area contributed by atoms with E-state index in [4.69, 9.17) is 18.5 Å². The third kappa shape index (κ3) is 64.5. The summed E-state index contributed by atoms with van der Waals surface area (Å²) in [4.78, 5) is 37.9. The molecule has 0 aliphatic rings. The van der Waals surface area contributed by atoms with Crippen molar-refractivity contribution in [1.29, 1.82) is 0 Å². The number of hydrogen-bond acceptors (Lipinski definition) is 8. The molecule has 0 saturated heterocycles. The molecule has 0 rings (SSSR count). The maximum Gasteiger partial charge on any atom is 0.306 e. The van der Waals surface area contributed by atoms with Crippen LogP contribution in [0.2, 0.25) is 0 Å². The van der Waals surface area contributed by atoms with Crippen molar-refractivity contribution in [2.45, 2.75) is 309 Å². The predicted molar refractivity (Wildman–Crippen MR) is 337 cm³/mol. The molecular formula is C69H126NO8P. The van der Waals surface area contributed by atoms with Crippen LogP contribution in [-0.2, 0) is 32.7 Å². The van der Waals surface area contributed by atoms with Crippen molar-refractivity contribution in [3.05, 3.63) is 72.9 Å². The van der Waals surface area contributed by atoms with Gasteiger partial charge in [-0.3, -0.25) is 14.2 Å². The van der Waals surface area contributed by atoms with Gasteiger partial charge in [0.2, 0.25) is 0 Å². The van der Waals surface area contributed by atoms with E-state index >= 15 is 0 Å². The summed E-state index contributed by atoms with van der Waals surface area (Å²) >= 11 is 0. The lowest BCUT2D eigenvalue weighted by Gasteiger charge is -2.28. The van der Waals surface area contributed by atoms with Crippen LogP contribution in [0, 0.1) is 0 Å². The number of unbranched alkanes of at least 4 members (excludes halogenated alkanes) is 35. The Morgan fingerprint density at radius 2 is 0.722 bits per heavy atom. The summed E-state index contributed by atoms with van der Waals surface area (Å²) in [6.07, 6.45) is 79.9. The van der Waals surface area contributed by atoms with Crippen LogP contribution in [0.3, 0.4) is 0 Å². The molecular weight excluding hydrogens is 1000 g/mol. The third-order valence-electron chi connectivity index (χ3n) is 14.5. The second-order valence-corrected chi connectivity index (χ2v) is 24.9. The monoisotopic (exact) mass is 1130 g/mol. The highest BCUT2D eigenvalue weighted by Gasteiger charge is 2.22. The van der Waals surface area contributed by atoms with Gasteiger partial charge in [0.15, 0.2) is 6.10 Å². The van der Waals surface area contributed by atoms with Gasteiger partial charge in [0.1, 0.15) is 19.8 Å². The molecule has 0 aliphatic heterocycles. The lowest BCUT2D eigenvalue weighted by molar-refractivity contribution is -0.870. The van der Waals surface area contributed by atoms with Crippen molar-refractivity contribution in [1.82, 2.24) is 0 Å². The molecule has 9 nitrogen and oxygen atoms in total. The molecule has 0 radical (unpaired) electrons. The zero-order valence-corrected chi connectivity index (χ0v) is 53.2. The fraction of sp³-hybridized carbons (Fsp3) is 0.797. The molecule has 460 valence electrons. The first-order valence-electron chi connectivity index (χ1n) is 33.1. The van der Waals surface area contributed by atoms with Gasteiger partial charge in [0.25, 0.3) is 7.82 Å². The van der Waals surface area contributed by atoms with Crippen molar-refractivity contribution in [2.24, 2.45) is 0 Å². The number of phosphoric ester groups is 1. The number of esters is 2. The summed E-state index contributed by atoms with van der Waals surface area (Å²) in [5, 5.41) is 0. The molecule has 79 heavy (non-hydrogen) atoms. The fourth-order valence-electron chi connectivity index (χ4n) is 9.39. The third-order valence-corrected chi connectivity index (χ3v) is 15.4. The van der Waals surface area contributed by atoms with Gasteiger partial charge < -0.3 is 27.9 Å². The number of hydrogen-bond donors (Lipinski definition) is 0. The minimum Gasteiger partial charge on any atom is -0.756 e. The first-order chi connectivity index (χ1) is 38.5. The second-order valence-electron chi connectivity index (χ2n) is 23.5. The van der Waals surface area contributed by atoms with E-state index in [1.165, 1.54) is 180 Å². The maximum atomic E-state index is 12.8. The van der Waals surface area contributed by atoms with Crippen molar-refractivity contribution in [3.63, 3.8) is 0 Å². The summed E-state index contributed by atoms with van der Waals surface area (Å²) in [6, 6.07) is 0. The Morgan fingerprint density at radius 1 is 0.405 bits per heavy atom. The Bertz CT molecular complexity index is 1560. The number of carbonyl (C=O) groups is 2. The van der Waals surface area contributed by atoms with E-state index in [0.717, 1.165) is 89.9 Å². The number of quaternary nitrogens is 1. The van der Waals surface area contributed by atoms with Crippen molar-refractivity contribution >= 4 is 19.8 Å². The molecule has 0 amide bonds. The van der Waals surface area contributed by atoms with Crippen LogP contribution in [0.1, 0.15) is 303 Å². The fourth-order valence-corrected chi connectivity index (χ4v) is 10.1. The highest BCUT2D eigenvalue weighted by atomic mass is 31.2. The lowest BCUT2D eigenvalue weighted by Crippen LogP contribution is -2.37. The van der Waals surface area contributed by atoms with Crippen LogP contribution in [0.5, 0.6) is 0 Å². The van der Waals surface area contributed by atoms with Crippen LogP contribution in [0.25, 0.3) is 0 Å². The first kappa shape index (κ1) is 76.5. The summed E-state index contributed by atoms with van der Waals surface area (Å²) < 4.78 is 34.2. The number of carbonyl (C=O) groups excluding carboxylic acids is 2. The number of nitrogens with zero attached hydrogens (tertiary/aromatic N) is 1. The Labute approximate surface area is 489 Å². The average molecular weight is 1130 g/mol. The van der Waals surface area contributed by atoms with Crippen molar-refractivity contribution < 1.29 is 42.1 Å². The van der Waals surface area contributed by atoms with E-state index in [2.05, 4.69) is 86.8 Å². The topological polar surface area (TPSA) is 111 Å². The molecule has 10 heteroatoms. The summed E-state index contributed by atoms with van der Waals surface area (Å²) in [6.45, 7) is 4.15. The standard InChI is InChI=1S/C69H126NO8P/c1-6-8-10-12-14-16-18-20-22-24-25-26-27-28-29-30-31-32-33-34-35-36-37-38-39-40-41-42-43-44-45-46-48-50-52-54-56-58-60-62-69(72)78-67(66-77-79(73,74)76-64-63-70(3,4)5)65-75-68(71)61-59-57-55-53-51-49-47-23-21-19-17-15-13-11-9-7-2/h8,10,14,16,20,22-23,25-26,28-29,47,67H,6-7,9,11-13,15,17-19,21,24,27,30-46,48-66H2,1-5H3/b10-8-,16-14-,22-20-,26-25-,29-28-,47-23-. The lowest BCUT2D eigenvalue weighted by atomic mass is 10.0. The van der Waals surface area contributed by atoms with Gasteiger partial charge in [-0.2, -0.15) is 0 Å². The van der Waals surface area contributed by atoms with E-state index in [0.29, 0.717) is 17.4 Å². The molecule has 0 spiro atoms. The van der Waals surface area contributed by atoms with Gasteiger partial charge in [-0.1, -0.05) is 279 Å². The summed E-state index contributed by atoms with van der Waals surface area (Å²) in [5.41, 5.74) is 0. The van der Waals surface area contributed by atoms with Crippen molar-refractivity contribution in [2.75, 3.05) is 47.5 Å². The largest absolute Gasteiger partial charge is 0.756 e. The smallest absolute Gasteiger partial charge is 0.306 e. The molecule has 0 aromatic rings. The van der Waals surface area contributed by atoms with E-state index in [-0.39, 0.29) is 32.0 Å². The molecule has 0 N–H and O–H groups in total. The molecule has 0 saturated carbocycles. The molecule has 2 atom stereocenters. The predicted octanol–water partition coefficient (Wildman–Crippen LogP) is 20.6. The molecule has 0 heterocycles. The van der Waals surface area contributed by atoms with E-state index in [1.807, 2.05) is 21.1 Å². The summed E-state index contributed by atoms with van der Waals surface area (Å²) in [5.74, 6) is -0.831. The van der Waals surface area contributed by atoms with Gasteiger partial charge in [-0.15, -0.1) is 0 Å². The molecule has 0 aliphatic carbocycles.